The highest BCUT2D eigenvalue weighted by molar-refractivity contribution is 6.30. The molecule has 2 aromatic heterocycles. The van der Waals surface area contributed by atoms with Crippen LogP contribution in [0.3, 0.4) is 0 Å². The minimum atomic E-state index is -1.18. The van der Waals surface area contributed by atoms with E-state index in [0.717, 1.165) is 10.9 Å². The van der Waals surface area contributed by atoms with E-state index in [0.29, 0.717) is 54.7 Å². The maximum atomic E-state index is 14.5. The molecule has 42 heavy (non-hydrogen) atoms. The lowest BCUT2D eigenvalue weighted by molar-refractivity contribution is -0.128. The molecule has 2 heterocycles. The average Bonchev–Trinajstić information content (AvgIpc) is 3.55. The third kappa shape index (κ3) is 6.65. The lowest BCUT2D eigenvalue weighted by Crippen LogP contribution is -2.39. The zero-order valence-electron chi connectivity index (χ0n) is 23.1. The first-order valence-electron chi connectivity index (χ1n) is 13.9. The van der Waals surface area contributed by atoms with Gasteiger partial charge in [0, 0.05) is 24.8 Å². The van der Waals surface area contributed by atoms with Crippen LogP contribution in [0.1, 0.15) is 24.4 Å². The summed E-state index contributed by atoms with van der Waals surface area (Å²) in [5.41, 5.74) is 1.46. The van der Waals surface area contributed by atoms with Crippen LogP contribution in [0, 0.1) is 11.7 Å². The van der Waals surface area contributed by atoms with Gasteiger partial charge in [-0.15, -0.1) is 0 Å². The van der Waals surface area contributed by atoms with Crippen molar-refractivity contribution in [1.29, 1.82) is 0 Å². The molecule has 0 saturated heterocycles. The number of hydrogen-bond donors (Lipinski definition) is 5. The first kappa shape index (κ1) is 29.7. The van der Waals surface area contributed by atoms with Gasteiger partial charge in [-0.25, -0.2) is 14.4 Å². The number of fused-ring (bicyclic) bond motifs is 1. The van der Waals surface area contributed by atoms with Gasteiger partial charge >= 0.3 is 0 Å². The first-order valence-corrected chi connectivity index (χ1v) is 14.3. The second-order valence-corrected chi connectivity index (χ2v) is 10.7. The minimum absolute atomic E-state index is 0.148. The molecule has 5 rings (SSSR count). The Labute approximate surface area is 247 Å². The summed E-state index contributed by atoms with van der Waals surface area (Å²) in [6.45, 7) is 1.72. The van der Waals surface area contributed by atoms with E-state index in [4.69, 9.17) is 16.3 Å². The number of aliphatic hydroxyl groups is 2. The van der Waals surface area contributed by atoms with Gasteiger partial charge in [0.25, 0.3) is 0 Å². The molecule has 0 unspecified atom stereocenters. The monoisotopic (exact) mass is 596 g/mol. The van der Waals surface area contributed by atoms with Crippen molar-refractivity contribution < 1.29 is 24.1 Å². The molecule has 1 aliphatic carbocycles. The Kier molecular flexibility index (Phi) is 9.53. The molecule has 1 aliphatic rings. The van der Waals surface area contributed by atoms with E-state index in [1.54, 1.807) is 48.1 Å². The third-order valence-corrected chi connectivity index (χ3v) is 7.80. The third-order valence-electron chi connectivity index (χ3n) is 7.55. The predicted molar refractivity (Wildman–Crippen MR) is 158 cm³/mol. The van der Waals surface area contributed by atoms with E-state index < -0.39 is 30.0 Å². The van der Waals surface area contributed by atoms with Crippen LogP contribution in [0.2, 0.25) is 5.02 Å². The zero-order chi connectivity index (χ0) is 29.6. The molecule has 1 amide bonds. The number of hydrogen-bond acceptors (Lipinski definition) is 8. The van der Waals surface area contributed by atoms with Gasteiger partial charge in [0.05, 0.1) is 23.4 Å². The quantitative estimate of drug-likeness (QED) is 0.156. The van der Waals surface area contributed by atoms with Crippen LogP contribution in [-0.4, -0.2) is 69.5 Å². The first-order chi connectivity index (χ1) is 20.4. The maximum Gasteiger partial charge on any atom is 0.225 e. The van der Waals surface area contributed by atoms with Crippen LogP contribution in [0.5, 0.6) is 11.5 Å². The Morgan fingerprint density at radius 3 is 2.67 bits per heavy atom. The van der Waals surface area contributed by atoms with Crippen molar-refractivity contribution in [2.45, 2.75) is 37.5 Å². The summed E-state index contributed by atoms with van der Waals surface area (Å²) >= 11 is 5.87. The highest BCUT2D eigenvalue weighted by Gasteiger charge is 2.46. The van der Waals surface area contributed by atoms with Gasteiger partial charge in [-0.1, -0.05) is 17.7 Å². The normalized spacial score (nSPS) is 20.1. The number of benzene rings is 2. The fourth-order valence-electron chi connectivity index (χ4n) is 5.31. The molecule has 4 aromatic rings. The standard InChI is InChI=1S/C30H34ClFN6O4/c1-33-28-21-10-14-38(29(21)37-17-36-28)24-16-22(26(39)27(24)40)30(41)35-12-2-11-34-13-9-18-3-8-25(23(32)15-18)42-20-6-4-19(31)5-7-20/h3-8,10,14-15,17,22,24,26-27,34,39-40H,2,9,11-13,16H2,1H3,(H,35,41)(H,33,36,37)/t22-,24+,26+,27-/m0/s1. The van der Waals surface area contributed by atoms with Crippen LogP contribution < -0.4 is 20.7 Å². The van der Waals surface area contributed by atoms with Gasteiger partial charge in [-0.05, 0) is 80.4 Å². The van der Waals surface area contributed by atoms with Crippen LogP contribution in [0.15, 0.2) is 61.1 Å². The van der Waals surface area contributed by atoms with Gasteiger partial charge in [0.2, 0.25) is 5.91 Å². The Hall–Kier alpha value is -3.77. The van der Waals surface area contributed by atoms with E-state index in [-0.39, 0.29) is 18.1 Å². The number of nitrogens with one attached hydrogen (secondary N) is 3. The number of nitrogens with zero attached hydrogens (tertiary/aromatic N) is 3. The van der Waals surface area contributed by atoms with Crippen LogP contribution in [0.25, 0.3) is 11.0 Å². The molecule has 1 fully saturated rings. The molecule has 12 heteroatoms. The average molecular weight is 597 g/mol. The summed E-state index contributed by atoms with van der Waals surface area (Å²) in [5.74, 6) is -0.141. The molecular weight excluding hydrogens is 563 g/mol. The van der Waals surface area contributed by atoms with Crippen molar-refractivity contribution in [2.75, 3.05) is 32.0 Å². The molecule has 0 spiro atoms. The number of carbonyl (C=O) groups is 1. The van der Waals surface area contributed by atoms with Gasteiger partial charge in [0.1, 0.15) is 29.6 Å². The SMILES string of the molecule is CNc1ncnc2c1ccn2[C@@H]1C[C@H](C(=O)NCCCNCCc2ccc(Oc3ccc(Cl)cc3)c(F)c2)[C@@H](O)[C@H]1O. The number of rotatable bonds is 12. The lowest BCUT2D eigenvalue weighted by atomic mass is 10.0. The number of ether oxygens (including phenoxy) is 1. The van der Waals surface area contributed by atoms with Crippen molar-refractivity contribution in [3.63, 3.8) is 0 Å². The molecule has 2 aromatic carbocycles. The number of carbonyl (C=O) groups excluding carboxylic acids is 1. The van der Waals surface area contributed by atoms with E-state index in [2.05, 4.69) is 25.9 Å². The summed E-state index contributed by atoms with van der Waals surface area (Å²) < 4.78 is 21.9. The summed E-state index contributed by atoms with van der Waals surface area (Å²) in [6.07, 6.45) is 2.54. The number of halogens is 2. The summed E-state index contributed by atoms with van der Waals surface area (Å²) in [6, 6.07) is 13.0. The number of anilines is 1. The number of aromatic nitrogens is 3. The number of amides is 1. The number of aliphatic hydroxyl groups excluding tert-OH is 2. The van der Waals surface area contributed by atoms with Crippen LogP contribution in [0.4, 0.5) is 10.2 Å². The van der Waals surface area contributed by atoms with E-state index >= 15 is 0 Å². The van der Waals surface area contributed by atoms with Crippen molar-refractivity contribution in [1.82, 2.24) is 25.2 Å². The van der Waals surface area contributed by atoms with Gasteiger partial charge in [-0.3, -0.25) is 4.79 Å². The summed E-state index contributed by atoms with van der Waals surface area (Å²) in [7, 11) is 1.77. The van der Waals surface area contributed by atoms with Gasteiger partial charge in [-0.2, -0.15) is 0 Å². The Morgan fingerprint density at radius 2 is 1.90 bits per heavy atom. The molecule has 222 valence electrons. The van der Waals surface area contributed by atoms with Gasteiger partial charge < -0.3 is 35.5 Å². The lowest BCUT2D eigenvalue weighted by Gasteiger charge is -2.19. The van der Waals surface area contributed by atoms with Crippen molar-refractivity contribution in [3.8, 4) is 11.5 Å². The van der Waals surface area contributed by atoms with Crippen LogP contribution >= 0.6 is 11.6 Å². The molecular formula is C30H34ClFN6O4. The van der Waals surface area contributed by atoms with Crippen molar-refractivity contribution in [2.24, 2.45) is 5.92 Å². The topological polar surface area (TPSA) is 134 Å². The smallest absolute Gasteiger partial charge is 0.225 e. The second-order valence-electron chi connectivity index (χ2n) is 10.3. The summed E-state index contributed by atoms with van der Waals surface area (Å²) in [4.78, 5) is 21.4. The molecule has 10 nitrogen and oxygen atoms in total. The molecule has 5 N–H and O–H groups in total. The molecule has 0 bridgehead atoms. The highest BCUT2D eigenvalue weighted by Crippen LogP contribution is 2.38. The zero-order valence-corrected chi connectivity index (χ0v) is 23.9. The van der Waals surface area contributed by atoms with Crippen molar-refractivity contribution in [3.05, 3.63) is 77.5 Å². The molecule has 0 radical (unpaired) electrons. The maximum absolute atomic E-state index is 14.5. The Morgan fingerprint density at radius 1 is 1.10 bits per heavy atom. The molecule has 4 atom stereocenters. The summed E-state index contributed by atoms with van der Waals surface area (Å²) in [5, 5.41) is 32.0. The predicted octanol–water partition coefficient (Wildman–Crippen LogP) is 3.68. The fraction of sp³-hybridized carbons (Fsp3) is 0.367. The van der Waals surface area contributed by atoms with Crippen molar-refractivity contribution >= 4 is 34.4 Å². The van der Waals surface area contributed by atoms with E-state index in [1.165, 1.54) is 12.4 Å². The Bertz CT molecular complexity index is 1520. The van der Waals surface area contributed by atoms with Gasteiger partial charge in [0.15, 0.2) is 11.6 Å². The molecule has 1 saturated carbocycles. The van der Waals surface area contributed by atoms with Crippen LogP contribution in [-0.2, 0) is 11.2 Å². The molecule has 0 aliphatic heterocycles. The minimum Gasteiger partial charge on any atom is -0.454 e. The second kappa shape index (κ2) is 13.5. The fourth-order valence-corrected chi connectivity index (χ4v) is 5.43. The van der Waals surface area contributed by atoms with E-state index in [1.807, 2.05) is 12.1 Å². The highest BCUT2D eigenvalue weighted by atomic mass is 35.5. The largest absolute Gasteiger partial charge is 0.454 e. The Balaban J connectivity index is 1.03. The van der Waals surface area contributed by atoms with E-state index in [9.17, 15) is 19.4 Å².